The molecule has 3 rings (SSSR count). The zero-order valence-electron chi connectivity index (χ0n) is 18.1. The van der Waals surface area contributed by atoms with Gasteiger partial charge in [-0.2, -0.15) is 13.2 Å². The molecule has 3 heterocycles. The van der Waals surface area contributed by atoms with Crippen LogP contribution in [-0.4, -0.2) is 82.0 Å². The average Bonchev–Trinajstić information content (AvgIpc) is 2.95. The average molecular weight is 430 g/mol. The van der Waals surface area contributed by atoms with Gasteiger partial charge in [0.2, 0.25) is 0 Å². The molecule has 1 aromatic heterocycles. The largest absolute Gasteiger partial charge is 0.403 e. The van der Waals surface area contributed by atoms with Gasteiger partial charge < -0.3 is 14.8 Å². The second-order valence-corrected chi connectivity index (χ2v) is 8.07. The Bertz CT molecular complexity index is 693. The van der Waals surface area contributed by atoms with E-state index < -0.39 is 12.2 Å². The molecule has 7 nitrogen and oxygen atoms in total. The maximum Gasteiger partial charge on any atom is 0.403 e. The molecule has 0 saturated carbocycles. The summed E-state index contributed by atoms with van der Waals surface area (Å²) in [6.45, 7) is 7.49. The fraction of sp³-hybridized carbons (Fsp3) is 0.850. The van der Waals surface area contributed by atoms with Crippen molar-refractivity contribution in [3.8, 4) is 0 Å². The van der Waals surface area contributed by atoms with Crippen molar-refractivity contribution in [1.82, 2.24) is 29.9 Å². The minimum atomic E-state index is -4.18. The van der Waals surface area contributed by atoms with Crippen molar-refractivity contribution in [3.63, 3.8) is 0 Å². The van der Waals surface area contributed by atoms with E-state index in [9.17, 15) is 13.2 Å². The Morgan fingerprint density at radius 3 is 2.57 bits per heavy atom. The highest BCUT2D eigenvalue weighted by Crippen LogP contribution is 2.25. The number of piperazine rings is 1. The molecule has 10 heteroatoms. The van der Waals surface area contributed by atoms with Crippen LogP contribution in [0.4, 0.5) is 13.2 Å². The highest BCUT2D eigenvalue weighted by atomic mass is 19.4. The minimum absolute atomic E-state index is 0.386. The summed E-state index contributed by atoms with van der Waals surface area (Å²) in [5.41, 5.74) is 0. The smallest absolute Gasteiger partial charge is 0.357 e. The fourth-order valence-electron chi connectivity index (χ4n) is 4.11. The topological polar surface area (TPSA) is 61.6 Å². The van der Waals surface area contributed by atoms with Gasteiger partial charge in [0.1, 0.15) is 17.7 Å². The molecule has 0 bridgehead atoms. The Hall–Kier alpha value is -1.84. The first-order valence-electron chi connectivity index (χ1n) is 11.1. The second-order valence-electron chi connectivity index (χ2n) is 8.07. The third-order valence-electron chi connectivity index (χ3n) is 5.98. The SMILES string of the molecule is CCNC(=NCCCc1nnc2n1CCCCC2)N1CCN(C(C)C(F)(F)F)CC1. The van der Waals surface area contributed by atoms with E-state index in [0.29, 0.717) is 32.7 Å². The van der Waals surface area contributed by atoms with E-state index in [1.54, 1.807) is 0 Å². The van der Waals surface area contributed by atoms with Crippen LogP contribution in [0.3, 0.4) is 0 Å². The van der Waals surface area contributed by atoms with E-state index in [1.165, 1.54) is 31.1 Å². The van der Waals surface area contributed by atoms with E-state index in [0.717, 1.165) is 50.0 Å². The summed E-state index contributed by atoms with van der Waals surface area (Å²) < 4.78 is 41.1. The zero-order valence-corrected chi connectivity index (χ0v) is 18.1. The van der Waals surface area contributed by atoms with Gasteiger partial charge in [0.15, 0.2) is 5.96 Å². The second kappa shape index (κ2) is 10.5. The first-order valence-corrected chi connectivity index (χ1v) is 11.1. The molecule has 170 valence electrons. The highest BCUT2D eigenvalue weighted by molar-refractivity contribution is 5.80. The summed E-state index contributed by atoms with van der Waals surface area (Å²) in [5, 5.41) is 12.0. The van der Waals surface area contributed by atoms with Gasteiger partial charge in [0.25, 0.3) is 0 Å². The molecule has 1 atom stereocenters. The fourth-order valence-corrected chi connectivity index (χ4v) is 4.11. The predicted molar refractivity (Wildman–Crippen MR) is 111 cm³/mol. The number of guanidine groups is 1. The van der Waals surface area contributed by atoms with Crippen LogP contribution in [-0.2, 0) is 19.4 Å². The molecular formula is C20H34F3N7. The van der Waals surface area contributed by atoms with Crippen molar-refractivity contribution in [2.75, 3.05) is 39.3 Å². The summed E-state index contributed by atoms with van der Waals surface area (Å²) in [4.78, 5) is 8.28. The van der Waals surface area contributed by atoms with Crippen molar-refractivity contribution >= 4 is 5.96 Å². The molecule has 0 spiro atoms. The lowest BCUT2D eigenvalue weighted by molar-refractivity contribution is -0.181. The molecular weight excluding hydrogens is 395 g/mol. The third kappa shape index (κ3) is 5.86. The number of hydrogen-bond acceptors (Lipinski definition) is 4. The number of rotatable bonds is 6. The molecule has 1 N–H and O–H groups in total. The van der Waals surface area contributed by atoms with Crippen LogP contribution in [0.15, 0.2) is 4.99 Å². The van der Waals surface area contributed by atoms with Gasteiger partial charge in [0, 0.05) is 58.7 Å². The number of aromatic nitrogens is 3. The predicted octanol–water partition coefficient (Wildman–Crippen LogP) is 2.47. The molecule has 0 radical (unpaired) electrons. The first kappa shape index (κ1) is 22.8. The van der Waals surface area contributed by atoms with Crippen molar-refractivity contribution in [1.29, 1.82) is 0 Å². The highest BCUT2D eigenvalue weighted by Gasteiger charge is 2.41. The van der Waals surface area contributed by atoms with Gasteiger partial charge in [-0.05, 0) is 33.1 Å². The summed E-state index contributed by atoms with van der Waals surface area (Å²) in [5.74, 6) is 2.93. The maximum atomic E-state index is 13.0. The van der Waals surface area contributed by atoms with Gasteiger partial charge in [0.05, 0.1) is 0 Å². The summed E-state index contributed by atoms with van der Waals surface area (Å²) in [7, 11) is 0. The lowest BCUT2D eigenvalue weighted by Crippen LogP contribution is -2.56. The lowest BCUT2D eigenvalue weighted by atomic mass is 10.2. The minimum Gasteiger partial charge on any atom is -0.357 e. The van der Waals surface area contributed by atoms with Crippen LogP contribution in [0.2, 0.25) is 0 Å². The lowest BCUT2D eigenvalue weighted by Gasteiger charge is -2.39. The van der Waals surface area contributed by atoms with Crippen molar-refractivity contribution in [2.24, 2.45) is 4.99 Å². The van der Waals surface area contributed by atoms with E-state index in [2.05, 4.69) is 25.0 Å². The number of nitrogens with zero attached hydrogens (tertiary/aromatic N) is 6. The van der Waals surface area contributed by atoms with Gasteiger partial charge in [-0.1, -0.05) is 6.42 Å². The maximum absolute atomic E-state index is 13.0. The van der Waals surface area contributed by atoms with Crippen LogP contribution < -0.4 is 5.32 Å². The Morgan fingerprint density at radius 2 is 1.87 bits per heavy atom. The number of hydrogen-bond donors (Lipinski definition) is 1. The molecule has 1 fully saturated rings. The molecule has 0 amide bonds. The number of nitrogens with one attached hydrogen (secondary N) is 1. The number of aryl methyl sites for hydroxylation is 2. The van der Waals surface area contributed by atoms with E-state index in [-0.39, 0.29) is 0 Å². The van der Waals surface area contributed by atoms with Gasteiger partial charge >= 0.3 is 6.18 Å². The molecule has 0 aromatic carbocycles. The van der Waals surface area contributed by atoms with Crippen LogP contribution in [0.5, 0.6) is 0 Å². The summed E-state index contributed by atoms with van der Waals surface area (Å²) >= 11 is 0. The number of alkyl halides is 3. The third-order valence-corrected chi connectivity index (χ3v) is 5.98. The Morgan fingerprint density at radius 1 is 1.10 bits per heavy atom. The molecule has 0 aliphatic carbocycles. The molecule has 1 aromatic rings. The van der Waals surface area contributed by atoms with Gasteiger partial charge in [-0.15, -0.1) is 10.2 Å². The van der Waals surface area contributed by atoms with E-state index >= 15 is 0 Å². The number of aliphatic imine (C=N–C) groups is 1. The van der Waals surface area contributed by atoms with Crippen molar-refractivity contribution in [3.05, 3.63) is 11.6 Å². The standard InChI is InChI=1S/C20H34F3N7/c1-3-24-19(29-14-12-28(13-15-29)16(2)20(21,22)23)25-10-7-9-18-27-26-17-8-5-4-6-11-30(17)18/h16H,3-15H2,1-2H3,(H,24,25). The molecule has 1 unspecified atom stereocenters. The molecule has 2 aliphatic rings. The Balaban J connectivity index is 1.50. The monoisotopic (exact) mass is 429 g/mol. The Kier molecular flexibility index (Phi) is 7.96. The zero-order chi connectivity index (χ0) is 21.6. The molecule has 30 heavy (non-hydrogen) atoms. The van der Waals surface area contributed by atoms with Crippen LogP contribution in [0, 0.1) is 0 Å². The normalized spacial score (nSPS) is 20.0. The number of halogens is 3. The Labute approximate surface area is 176 Å². The van der Waals surface area contributed by atoms with Gasteiger partial charge in [-0.3, -0.25) is 9.89 Å². The molecule has 2 aliphatic heterocycles. The van der Waals surface area contributed by atoms with E-state index in [4.69, 9.17) is 4.99 Å². The van der Waals surface area contributed by atoms with Crippen LogP contribution >= 0.6 is 0 Å². The number of fused-ring (bicyclic) bond motifs is 1. The van der Waals surface area contributed by atoms with Crippen LogP contribution in [0.1, 0.15) is 51.2 Å². The van der Waals surface area contributed by atoms with Crippen LogP contribution in [0.25, 0.3) is 0 Å². The van der Waals surface area contributed by atoms with Crippen molar-refractivity contribution < 1.29 is 13.2 Å². The van der Waals surface area contributed by atoms with Gasteiger partial charge in [-0.25, -0.2) is 0 Å². The molecule has 1 saturated heterocycles. The van der Waals surface area contributed by atoms with E-state index in [1.807, 2.05) is 6.92 Å². The quantitative estimate of drug-likeness (QED) is 0.428. The van der Waals surface area contributed by atoms with Crippen molar-refractivity contribution in [2.45, 2.75) is 71.1 Å². The summed E-state index contributed by atoms with van der Waals surface area (Å²) in [6, 6.07) is -1.41. The first-order chi connectivity index (χ1) is 14.4. The summed E-state index contributed by atoms with van der Waals surface area (Å²) in [6.07, 6.45) is 2.15.